The number of carboxylic acids is 1. The van der Waals surface area contributed by atoms with E-state index in [1.165, 1.54) is 0 Å². The second kappa shape index (κ2) is 7.59. The van der Waals surface area contributed by atoms with Crippen molar-refractivity contribution < 1.29 is 19.5 Å². The van der Waals surface area contributed by atoms with Crippen LogP contribution in [0.15, 0.2) is 24.3 Å². The second-order valence-corrected chi connectivity index (χ2v) is 5.35. The fourth-order valence-corrected chi connectivity index (χ4v) is 2.45. The molecule has 2 rings (SSSR count). The first-order valence-corrected chi connectivity index (χ1v) is 7.45. The number of nitrogens with one attached hydrogen (secondary N) is 1. The van der Waals surface area contributed by atoms with E-state index in [2.05, 4.69) is 5.32 Å². The zero-order valence-corrected chi connectivity index (χ0v) is 12.3. The number of hydrogen-bond donors (Lipinski definition) is 1. The first kappa shape index (κ1) is 16.0. The molecule has 22 heavy (non-hydrogen) atoms. The van der Waals surface area contributed by atoms with Crippen molar-refractivity contribution >= 4 is 23.5 Å². The first-order chi connectivity index (χ1) is 10.6. The molecule has 0 aliphatic carbocycles. The van der Waals surface area contributed by atoms with Crippen molar-refractivity contribution in [3.63, 3.8) is 0 Å². The number of amides is 2. The van der Waals surface area contributed by atoms with Gasteiger partial charge in [0.1, 0.15) is 0 Å². The van der Waals surface area contributed by atoms with Gasteiger partial charge < -0.3 is 20.1 Å². The maximum absolute atomic E-state index is 12.4. The number of carboxylic acid groups (broad SMARTS) is 1. The molecule has 1 aliphatic rings. The number of hydrogen-bond acceptors (Lipinski definition) is 4. The molecule has 0 aromatic heterocycles. The van der Waals surface area contributed by atoms with Crippen molar-refractivity contribution in [3.05, 3.63) is 29.8 Å². The van der Waals surface area contributed by atoms with E-state index in [4.69, 9.17) is 0 Å². The summed E-state index contributed by atoms with van der Waals surface area (Å²) in [5.74, 6) is -1.71. The van der Waals surface area contributed by atoms with Gasteiger partial charge in [-0.05, 0) is 43.9 Å². The number of carbonyl (C=O) groups is 3. The average molecular weight is 303 g/mol. The third-order valence-electron chi connectivity index (χ3n) is 3.59. The van der Waals surface area contributed by atoms with Gasteiger partial charge in [0.2, 0.25) is 5.91 Å². The summed E-state index contributed by atoms with van der Waals surface area (Å²) in [6.45, 7) is 1.53. The largest absolute Gasteiger partial charge is 0.550 e. The van der Waals surface area contributed by atoms with Crippen LogP contribution in [0.2, 0.25) is 0 Å². The molecule has 1 aliphatic heterocycles. The van der Waals surface area contributed by atoms with Crippen LogP contribution in [0.4, 0.5) is 5.69 Å². The van der Waals surface area contributed by atoms with Crippen LogP contribution in [0, 0.1) is 0 Å². The monoisotopic (exact) mass is 303 g/mol. The summed E-state index contributed by atoms with van der Waals surface area (Å²) in [6, 6.07) is 6.71. The topological polar surface area (TPSA) is 89.5 Å². The van der Waals surface area contributed by atoms with Gasteiger partial charge in [-0.3, -0.25) is 9.59 Å². The molecule has 1 aromatic rings. The van der Waals surface area contributed by atoms with Gasteiger partial charge in [-0.2, -0.15) is 0 Å². The summed E-state index contributed by atoms with van der Waals surface area (Å²) < 4.78 is 0. The highest BCUT2D eigenvalue weighted by molar-refractivity contribution is 5.97. The Bertz CT molecular complexity index is 565. The molecule has 0 unspecified atom stereocenters. The lowest BCUT2D eigenvalue weighted by molar-refractivity contribution is -0.305. The molecular weight excluding hydrogens is 284 g/mol. The fraction of sp³-hybridized carbons (Fsp3) is 0.438. The molecule has 0 spiro atoms. The molecule has 0 bridgehead atoms. The van der Waals surface area contributed by atoms with E-state index in [1.54, 1.807) is 24.3 Å². The maximum atomic E-state index is 12.4. The van der Waals surface area contributed by atoms with Crippen molar-refractivity contribution in [2.45, 2.75) is 32.1 Å². The predicted octanol–water partition coefficient (Wildman–Crippen LogP) is 0.781. The number of piperidine rings is 1. The van der Waals surface area contributed by atoms with Crippen molar-refractivity contribution in [2.24, 2.45) is 0 Å². The summed E-state index contributed by atoms with van der Waals surface area (Å²) in [6.07, 6.45) is 2.72. The lowest BCUT2D eigenvalue weighted by Gasteiger charge is -2.26. The number of rotatable bonds is 5. The van der Waals surface area contributed by atoms with E-state index in [9.17, 15) is 19.5 Å². The van der Waals surface area contributed by atoms with Crippen LogP contribution in [-0.4, -0.2) is 35.8 Å². The summed E-state index contributed by atoms with van der Waals surface area (Å²) >= 11 is 0. The molecule has 1 fully saturated rings. The Balaban J connectivity index is 1.98. The minimum absolute atomic E-state index is 0.0365. The number of nitrogens with zero attached hydrogens (tertiary/aromatic N) is 1. The fourth-order valence-electron chi connectivity index (χ4n) is 2.45. The number of carbonyl (C=O) groups excluding carboxylic acids is 3. The van der Waals surface area contributed by atoms with Crippen molar-refractivity contribution in [2.75, 3.05) is 18.4 Å². The van der Waals surface area contributed by atoms with Crippen LogP contribution in [-0.2, 0) is 9.59 Å². The van der Waals surface area contributed by atoms with Crippen molar-refractivity contribution in [1.29, 1.82) is 0 Å². The lowest BCUT2D eigenvalue weighted by atomic mass is 10.1. The molecule has 0 atom stereocenters. The van der Waals surface area contributed by atoms with Crippen LogP contribution in [0.25, 0.3) is 0 Å². The van der Waals surface area contributed by atoms with Crippen LogP contribution in [0.5, 0.6) is 0 Å². The summed E-state index contributed by atoms with van der Waals surface area (Å²) in [4.78, 5) is 36.1. The number of benzene rings is 1. The van der Waals surface area contributed by atoms with Crippen LogP contribution in [0.1, 0.15) is 42.5 Å². The van der Waals surface area contributed by atoms with Crippen LogP contribution < -0.4 is 10.4 Å². The molecule has 1 heterocycles. The Morgan fingerprint density at radius 2 is 1.82 bits per heavy atom. The molecule has 0 radical (unpaired) electrons. The van der Waals surface area contributed by atoms with Gasteiger partial charge in [-0.15, -0.1) is 0 Å². The number of anilines is 1. The molecule has 1 aromatic carbocycles. The molecule has 0 saturated carbocycles. The van der Waals surface area contributed by atoms with Crippen LogP contribution >= 0.6 is 0 Å². The Kier molecular flexibility index (Phi) is 5.52. The van der Waals surface area contributed by atoms with Gasteiger partial charge in [-0.25, -0.2) is 0 Å². The van der Waals surface area contributed by atoms with Crippen LogP contribution in [0.3, 0.4) is 0 Å². The standard InChI is InChI=1S/C16H20N2O4/c19-14(7-8-15(20)21)17-13-6-4-5-12(11-13)16(22)18-9-2-1-3-10-18/h4-6,11H,1-3,7-10H2,(H,17,19)(H,20,21)/p-1. The van der Waals surface area contributed by atoms with E-state index in [-0.39, 0.29) is 18.7 Å². The Morgan fingerprint density at radius 3 is 2.50 bits per heavy atom. The van der Waals surface area contributed by atoms with E-state index in [0.717, 1.165) is 32.4 Å². The zero-order valence-electron chi connectivity index (χ0n) is 12.3. The Morgan fingerprint density at radius 1 is 1.09 bits per heavy atom. The smallest absolute Gasteiger partial charge is 0.253 e. The Labute approximate surface area is 129 Å². The van der Waals surface area contributed by atoms with E-state index in [0.29, 0.717) is 11.3 Å². The molecule has 118 valence electrons. The summed E-state index contributed by atoms with van der Waals surface area (Å²) in [7, 11) is 0. The van der Waals surface area contributed by atoms with Gasteiger partial charge in [-0.1, -0.05) is 6.07 Å². The maximum Gasteiger partial charge on any atom is 0.253 e. The minimum Gasteiger partial charge on any atom is -0.550 e. The van der Waals surface area contributed by atoms with E-state index < -0.39 is 11.9 Å². The minimum atomic E-state index is -1.26. The van der Waals surface area contributed by atoms with Gasteiger partial charge >= 0.3 is 0 Å². The van der Waals surface area contributed by atoms with Gasteiger partial charge in [0.15, 0.2) is 0 Å². The molecule has 1 saturated heterocycles. The van der Waals surface area contributed by atoms with Crippen molar-refractivity contribution in [1.82, 2.24) is 4.90 Å². The van der Waals surface area contributed by atoms with Gasteiger partial charge in [0.25, 0.3) is 5.91 Å². The molecule has 1 N–H and O–H groups in total. The van der Waals surface area contributed by atoms with Crippen molar-refractivity contribution in [3.8, 4) is 0 Å². The summed E-state index contributed by atoms with van der Waals surface area (Å²) in [5.41, 5.74) is 1.02. The first-order valence-electron chi connectivity index (χ1n) is 7.45. The molecule has 6 nitrogen and oxygen atoms in total. The number of aliphatic carboxylic acids is 1. The van der Waals surface area contributed by atoms with Gasteiger partial charge in [0, 0.05) is 36.7 Å². The molecule has 6 heteroatoms. The zero-order chi connectivity index (χ0) is 15.9. The lowest BCUT2D eigenvalue weighted by Crippen LogP contribution is -2.35. The predicted molar refractivity (Wildman–Crippen MR) is 79.1 cm³/mol. The highest BCUT2D eigenvalue weighted by Crippen LogP contribution is 2.16. The van der Waals surface area contributed by atoms with Gasteiger partial charge in [0.05, 0.1) is 0 Å². The molecule has 2 amide bonds. The Hall–Kier alpha value is -2.37. The summed E-state index contributed by atoms with van der Waals surface area (Å²) in [5, 5.41) is 12.9. The third-order valence-corrected chi connectivity index (χ3v) is 3.59. The highest BCUT2D eigenvalue weighted by Gasteiger charge is 2.18. The number of likely N-dealkylation sites (tertiary alicyclic amines) is 1. The SMILES string of the molecule is O=C([O-])CCC(=O)Nc1cccc(C(=O)N2CCCCC2)c1. The highest BCUT2D eigenvalue weighted by atomic mass is 16.4. The normalized spacial score (nSPS) is 14.5. The average Bonchev–Trinajstić information content (AvgIpc) is 2.53. The molecular formula is C16H19N2O4-. The second-order valence-electron chi connectivity index (χ2n) is 5.35. The van der Waals surface area contributed by atoms with E-state index >= 15 is 0 Å². The van der Waals surface area contributed by atoms with E-state index in [1.807, 2.05) is 4.90 Å². The third kappa shape index (κ3) is 4.58. The quantitative estimate of drug-likeness (QED) is 0.870.